The van der Waals surface area contributed by atoms with E-state index < -0.39 is 5.91 Å². The molecule has 168 valence electrons. The van der Waals surface area contributed by atoms with E-state index in [-0.39, 0.29) is 11.9 Å². The minimum absolute atomic E-state index is 0.0912. The molecule has 1 amide bonds. The quantitative estimate of drug-likeness (QED) is 0.607. The molecule has 1 unspecified atom stereocenters. The van der Waals surface area contributed by atoms with Crippen molar-refractivity contribution in [3.63, 3.8) is 0 Å². The molecule has 4 rings (SSSR count). The first-order valence-corrected chi connectivity index (χ1v) is 10.2. The fourth-order valence-electron chi connectivity index (χ4n) is 3.75. The fraction of sp³-hybridized carbons (Fsp3) is 0.304. The van der Waals surface area contributed by atoms with Crippen molar-refractivity contribution in [2.24, 2.45) is 12.8 Å². The second kappa shape index (κ2) is 9.37. The van der Waals surface area contributed by atoms with Crippen LogP contribution in [0.1, 0.15) is 27.5 Å². The number of aromatic nitrogens is 2. The number of methoxy groups -OCH3 is 1. The summed E-state index contributed by atoms with van der Waals surface area (Å²) in [5.74, 6) is 0.515. The Morgan fingerprint density at radius 1 is 1.25 bits per heavy atom. The van der Waals surface area contributed by atoms with Crippen LogP contribution in [0.4, 0.5) is 4.39 Å². The van der Waals surface area contributed by atoms with Gasteiger partial charge in [-0.25, -0.2) is 4.39 Å². The monoisotopic (exact) mass is 440 g/mol. The van der Waals surface area contributed by atoms with E-state index in [1.54, 1.807) is 48.2 Å². The molecule has 1 aliphatic heterocycles. The van der Waals surface area contributed by atoms with E-state index in [2.05, 4.69) is 10.00 Å². The third-order valence-corrected chi connectivity index (χ3v) is 5.39. The summed E-state index contributed by atoms with van der Waals surface area (Å²) in [5, 5.41) is 4.33. The molecule has 1 fully saturated rings. The largest absolute Gasteiger partial charge is 0.480 e. The first-order valence-electron chi connectivity index (χ1n) is 10.2. The average molecular weight is 440 g/mol. The smallest absolute Gasteiger partial charge is 0.248 e. The fourth-order valence-corrected chi connectivity index (χ4v) is 3.75. The van der Waals surface area contributed by atoms with E-state index in [0.717, 1.165) is 5.56 Å². The van der Waals surface area contributed by atoms with E-state index >= 15 is 0 Å². The third kappa shape index (κ3) is 4.74. The maximum atomic E-state index is 14.9. The molecule has 32 heavy (non-hydrogen) atoms. The number of hydrogen-bond donors (Lipinski definition) is 1. The number of halogens is 1. The van der Waals surface area contributed by atoms with Gasteiger partial charge in [-0.3, -0.25) is 14.4 Å². The van der Waals surface area contributed by atoms with Crippen LogP contribution in [0.3, 0.4) is 0 Å². The van der Waals surface area contributed by atoms with E-state index in [4.69, 9.17) is 19.9 Å². The summed E-state index contributed by atoms with van der Waals surface area (Å²) >= 11 is 0. The van der Waals surface area contributed by atoms with Crippen LogP contribution in [0.25, 0.3) is 0 Å². The number of aryl methyl sites for hydroxylation is 1. The van der Waals surface area contributed by atoms with Crippen molar-refractivity contribution in [3.8, 4) is 17.4 Å². The van der Waals surface area contributed by atoms with Crippen molar-refractivity contribution in [1.82, 2.24) is 14.7 Å². The molecule has 0 spiro atoms. The molecule has 0 saturated carbocycles. The average Bonchev–Trinajstić information content (AvgIpc) is 3.17. The molecule has 1 saturated heterocycles. The zero-order valence-electron chi connectivity index (χ0n) is 18.0. The zero-order valence-corrected chi connectivity index (χ0v) is 18.0. The topological polar surface area (TPSA) is 91.8 Å². The number of carbonyl (C=O) groups excluding carboxylic acids is 1. The predicted octanol–water partition coefficient (Wildman–Crippen LogP) is 3.03. The van der Waals surface area contributed by atoms with Crippen molar-refractivity contribution in [2.45, 2.75) is 12.6 Å². The Labute approximate surface area is 185 Å². The minimum Gasteiger partial charge on any atom is -0.480 e. The summed E-state index contributed by atoms with van der Waals surface area (Å²) in [6.07, 6.45) is 1.90. The van der Waals surface area contributed by atoms with Crippen molar-refractivity contribution in [3.05, 3.63) is 71.2 Å². The Kier molecular flexibility index (Phi) is 6.38. The van der Waals surface area contributed by atoms with Crippen LogP contribution < -0.4 is 15.2 Å². The summed E-state index contributed by atoms with van der Waals surface area (Å²) in [5.41, 5.74) is 7.08. The molecular weight excluding hydrogens is 415 g/mol. The second-order valence-corrected chi connectivity index (χ2v) is 7.57. The molecule has 0 aliphatic carbocycles. The Balaban J connectivity index is 1.49. The van der Waals surface area contributed by atoms with Crippen LogP contribution in [-0.2, 0) is 18.3 Å². The molecule has 0 bridgehead atoms. The number of benzene rings is 2. The maximum absolute atomic E-state index is 14.9. The number of primary amides is 1. The van der Waals surface area contributed by atoms with Crippen LogP contribution >= 0.6 is 0 Å². The van der Waals surface area contributed by atoms with E-state index in [9.17, 15) is 9.18 Å². The van der Waals surface area contributed by atoms with Gasteiger partial charge in [0.25, 0.3) is 0 Å². The van der Waals surface area contributed by atoms with Crippen LogP contribution in [0.5, 0.6) is 17.4 Å². The highest BCUT2D eigenvalue weighted by atomic mass is 19.1. The Hall–Kier alpha value is -3.43. The maximum Gasteiger partial charge on any atom is 0.248 e. The lowest BCUT2D eigenvalue weighted by Crippen LogP contribution is -2.39. The van der Waals surface area contributed by atoms with Crippen LogP contribution in [0.15, 0.2) is 48.7 Å². The molecule has 1 aromatic heterocycles. The first kappa shape index (κ1) is 21.8. The van der Waals surface area contributed by atoms with Crippen LogP contribution in [0.2, 0.25) is 0 Å². The molecule has 2 N–H and O–H groups in total. The minimum atomic E-state index is -0.516. The van der Waals surface area contributed by atoms with E-state index in [0.29, 0.717) is 54.8 Å². The molecule has 0 radical (unpaired) electrons. The van der Waals surface area contributed by atoms with Gasteiger partial charge in [0, 0.05) is 43.5 Å². The normalized spacial score (nSPS) is 16.7. The number of ether oxygens (including phenoxy) is 3. The van der Waals surface area contributed by atoms with Crippen LogP contribution in [0, 0.1) is 5.82 Å². The molecule has 2 aromatic carbocycles. The van der Waals surface area contributed by atoms with Gasteiger partial charge in [0.05, 0.1) is 31.9 Å². The highest BCUT2D eigenvalue weighted by molar-refractivity contribution is 5.92. The molecule has 1 atom stereocenters. The number of rotatable bonds is 7. The second-order valence-electron chi connectivity index (χ2n) is 7.57. The number of carbonyl (C=O) groups is 1. The number of amides is 1. The van der Waals surface area contributed by atoms with Gasteiger partial charge >= 0.3 is 0 Å². The number of morpholine rings is 1. The highest BCUT2D eigenvalue weighted by Gasteiger charge is 2.29. The van der Waals surface area contributed by atoms with Gasteiger partial charge < -0.3 is 19.9 Å². The van der Waals surface area contributed by atoms with Crippen LogP contribution in [-0.4, -0.2) is 47.5 Å². The highest BCUT2D eigenvalue weighted by Crippen LogP contribution is 2.32. The lowest BCUT2D eigenvalue weighted by molar-refractivity contribution is -0.0139. The number of hydrogen-bond acceptors (Lipinski definition) is 6. The Morgan fingerprint density at radius 3 is 2.69 bits per heavy atom. The molecule has 9 heteroatoms. The van der Waals surface area contributed by atoms with Gasteiger partial charge in [0.1, 0.15) is 17.3 Å². The van der Waals surface area contributed by atoms with Gasteiger partial charge in [0.2, 0.25) is 11.8 Å². The van der Waals surface area contributed by atoms with Gasteiger partial charge in [-0.05, 0) is 30.3 Å². The first-order chi connectivity index (χ1) is 15.4. The van der Waals surface area contributed by atoms with Gasteiger partial charge in [0.15, 0.2) is 0 Å². The summed E-state index contributed by atoms with van der Waals surface area (Å²) < 4.78 is 33.4. The summed E-state index contributed by atoms with van der Waals surface area (Å²) in [6, 6.07) is 11.1. The van der Waals surface area contributed by atoms with E-state index in [1.165, 1.54) is 6.07 Å². The lowest BCUT2D eigenvalue weighted by Gasteiger charge is -2.35. The summed E-state index contributed by atoms with van der Waals surface area (Å²) in [7, 11) is 3.42. The number of nitrogens with zero attached hydrogens (tertiary/aromatic N) is 3. The van der Waals surface area contributed by atoms with Gasteiger partial charge in [-0.1, -0.05) is 6.07 Å². The zero-order chi connectivity index (χ0) is 22.7. The Morgan fingerprint density at radius 2 is 2.00 bits per heavy atom. The van der Waals surface area contributed by atoms with Crippen molar-refractivity contribution in [1.29, 1.82) is 0 Å². The summed E-state index contributed by atoms with van der Waals surface area (Å²) in [6.45, 7) is 2.12. The van der Waals surface area contributed by atoms with Gasteiger partial charge in [-0.15, -0.1) is 5.10 Å². The SMILES string of the molecule is COc1nn(C)cc1C1COCCN1Cc1ccc(Oc2ccc(C(N)=O)cc2)cc1F. The van der Waals surface area contributed by atoms with Crippen molar-refractivity contribution >= 4 is 5.91 Å². The summed E-state index contributed by atoms with van der Waals surface area (Å²) in [4.78, 5) is 13.3. The lowest BCUT2D eigenvalue weighted by atomic mass is 10.1. The number of nitrogens with two attached hydrogens (primary N) is 1. The molecular formula is C23H25FN4O4. The third-order valence-electron chi connectivity index (χ3n) is 5.39. The molecule has 8 nitrogen and oxygen atoms in total. The predicted molar refractivity (Wildman–Crippen MR) is 115 cm³/mol. The van der Waals surface area contributed by atoms with Crippen molar-refractivity contribution < 1.29 is 23.4 Å². The standard InChI is InChI=1S/C23H25FN4O4/c1-27-13-19(23(26-27)30-2)21-14-31-10-9-28(21)12-16-5-8-18(11-20(16)24)32-17-6-3-15(4-7-17)22(25)29/h3-8,11,13,21H,9-10,12,14H2,1-2H3,(H2,25,29). The molecule has 2 heterocycles. The van der Waals surface area contributed by atoms with Gasteiger partial charge in [-0.2, -0.15) is 0 Å². The van der Waals surface area contributed by atoms with E-state index in [1.807, 2.05) is 13.2 Å². The van der Waals surface area contributed by atoms with Crippen molar-refractivity contribution in [2.75, 3.05) is 26.9 Å². The molecule has 3 aromatic rings. The molecule has 1 aliphatic rings. The Bertz CT molecular complexity index is 1100.